The number of piperidine rings is 1. The monoisotopic (exact) mass is 428 g/mol. The molecule has 1 aliphatic heterocycles. The van der Waals surface area contributed by atoms with Gasteiger partial charge >= 0.3 is 0 Å². The molecule has 3 heterocycles. The van der Waals surface area contributed by atoms with Gasteiger partial charge < -0.3 is 15.6 Å². The van der Waals surface area contributed by atoms with Gasteiger partial charge in [0.15, 0.2) is 0 Å². The molecular formula is C25H25FN6. The van der Waals surface area contributed by atoms with Crippen LogP contribution < -0.4 is 16.5 Å². The number of para-hydroxylation sites is 1. The lowest BCUT2D eigenvalue weighted by Gasteiger charge is -2.26. The van der Waals surface area contributed by atoms with Crippen molar-refractivity contribution in [3.8, 4) is 17.1 Å². The largest absolute Gasteiger partial charge is 0.399 e. The molecule has 0 bridgehead atoms. The lowest BCUT2D eigenvalue weighted by molar-refractivity contribution is 0.365. The number of imidazole rings is 1. The number of pyridine rings is 1. The van der Waals surface area contributed by atoms with Crippen LogP contribution in [0.1, 0.15) is 18.9 Å². The minimum absolute atomic E-state index is 0.270. The van der Waals surface area contributed by atoms with Crippen molar-refractivity contribution in [1.29, 1.82) is 0 Å². The lowest BCUT2D eigenvalue weighted by Crippen LogP contribution is -2.31. The van der Waals surface area contributed by atoms with Gasteiger partial charge in [-0.15, -0.1) is 0 Å². The summed E-state index contributed by atoms with van der Waals surface area (Å²) in [6.45, 7) is 1.92. The van der Waals surface area contributed by atoms with E-state index in [4.69, 9.17) is 15.7 Å². The smallest absolute Gasteiger partial charge is 0.146 e. The van der Waals surface area contributed by atoms with Gasteiger partial charge in [0.25, 0.3) is 0 Å². The molecule has 7 heteroatoms. The van der Waals surface area contributed by atoms with E-state index in [1.165, 1.54) is 12.1 Å². The molecule has 162 valence electrons. The first-order valence-electron chi connectivity index (χ1n) is 10.8. The van der Waals surface area contributed by atoms with Crippen molar-refractivity contribution in [2.45, 2.75) is 18.9 Å². The highest BCUT2D eigenvalue weighted by molar-refractivity contribution is 5.67. The van der Waals surface area contributed by atoms with Gasteiger partial charge in [-0.1, -0.05) is 18.2 Å². The lowest BCUT2D eigenvalue weighted by atomic mass is 10.1. The van der Waals surface area contributed by atoms with Gasteiger partial charge in [-0.25, -0.2) is 14.4 Å². The van der Waals surface area contributed by atoms with Crippen LogP contribution in [-0.4, -0.2) is 27.2 Å². The molecule has 1 aliphatic rings. The van der Waals surface area contributed by atoms with Crippen molar-refractivity contribution in [3.05, 3.63) is 90.6 Å². The maximum atomic E-state index is 13.6. The van der Waals surface area contributed by atoms with Crippen molar-refractivity contribution < 1.29 is 4.39 Å². The molecule has 4 aromatic rings. The van der Waals surface area contributed by atoms with E-state index >= 15 is 0 Å². The normalized spacial score (nSPS) is 15.2. The number of nitrogens with two attached hydrogens (primary N) is 1. The molecule has 0 saturated carbocycles. The molecule has 0 unspecified atom stereocenters. The number of halogens is 1. The molecule has 3 N–H and O–H groups in total. The van der Waals surface area contributed by atoms with Crippen molar-refractivity contribution in [2.24, 2.45) is 4.99 Å². The third-order valence-electron chi connectivity index (χ3n) is 5.77. The summed E-state index contributed by atoms with van der Waals surface area (Å²) in [7, 11) is 0. The van der Waals surface area contributed by atoms with E-state index in [0.717, 1.165) is 48.7 Å². The van der Waals surface area contributed by atoms with Gasteiger partial charge in [-0.2, -0.15) is 0 Å². The molecule has 1 fully saturated rings. The van der Waals surface area contributed by atoms with E-state index in [9.17, 15) is 4.39 Å². The molecule has 6 nitrogen and oxygen atoms in total. The van der Waals surface area contributed by atoms with E-state index in [1.807, 2.05) is 59.6 Å². The highest BCUT2D eigenvalue weighted by Crippen LogP contribution is 2.30. The number of aromatic nitrogens is 3. The van der Waals surface area contributed by atoms with Crippen LogP contribution in [0.5, 0.6) is 0 Å². The Hall–Kier alpha value is -3.71. The summed E-state index contributed by atoms with van der Waals surface area (Å²) >= 11 is 0. The average Bonchev–Trinajstić information content (AvgIpc) is 3.26. The van der Waals surface area contributed by atoms with Crippen LogP contribution in [0.25, 0.3) is 17.1 Å². The molecule has 0 amide bonds. The molecule has 0 radical (unpaired) electrons. The highest BCUT2D eigenvalue weighted by Gasteiger charge is 2.23. The zero-order valence-electron chi connectivity index (χ0n) is 17.7. The molecule has 1 saturated heterocycles. The quantitative estimate of drug-likeness (QED) is 0.511. The fourth-order valence-corrected chi connectivity index (χ4v) is 4.16. The zero-order valence-corrected chi connectivity index (χ0v) is 17.7. The van der Waals surface area contributed by atoms with Gasteiger partial charge in [0.2, 0.25) is 0 Å². The second-order valence-corrected chi connectivity index (χ2v) is 7.95. The standard InChI is InChI=1S/C25H25FN6/c26-19-8-6-18(7-9-19)24-25(32(17-29-24)22-10-13-28-14-11-22)31-15-12-20(27)16-23(31)30-21-4-2-1-3-5-21/h1-9,12,15-17,22,28H,10-11,13-14,27H2. The van der Waals surface area contributed by atoms with Crippen molar-refractivity contribution >= 4 is 11.4 Å². The van der Waals surface area contributed by atoms with Crippen LogP contribution in [-0.2, 0) is 0 Å². The zero-order chi connectivity index (χ0) is 21.9. The first-order valence-corrected chi connectivity index (χ1v) is 10.8. The van der Waals surface area contributed by atoms with E-state index < -0.39 is 0 Å². The minimum atomic E-state index is -0.270. The molecule has 0 aliphatic carbocycles. The van der Waals surface area contributed by atoms with Crippen molar-refractivity contribution in [3.63, 3.8) is 0 Å². The molecule has 0 atom stereocenters. The topological polar surface area (TPSA) is 73.2 Å². The SMILES string of the molecule is Nc1ccn(-c2c(-c3ccc(F)cc3)ncn2C2CCNCC2)c(=Nc2ccccc2)c1. The van der Waals surface area contributed by atoms with Crippen LogP contribution >= 0.6 is 0 Å². The van der Waals surface area contributed by atoms with E-state index in [-0.39, 0.29) is 5.82 Å². The van der Waals surface area contributed by atoms with Crippen LogP contribution in [0.4, 0.5) is 15.8 Å². The predicted molar refractivity (Wildman–Crippen MR) is 124 cm³/mol. The third-order valence-corrected chi connectivity index (χ3v) is 5.77. The summed E-state index contributed by atoms with van der Waals surface area (Å²) in [5.74, 6) is 0.631. The molecule has 32 heavy (non-hydrogen) atoms. The Bertz CT molecular complexity index is 1270. The van der Waals surface area contributed by atoms with Crippen LogP contribution in [0, 0.1) is 5.82 Å². The maximum absolute atomic E-state index is 13.6. The molecule has 0 spiro atoms. The van der Waals surface area contributed by atoms with Gasteiger partial charge in [0.1, 0.15) is 22.8 Å². The minimum Gasteiger partial charge on any atom is -0.399 e. The Morgan fingerprint density at radius 3 is 2.50 bits per heavy atom. The summed E-state index contributed by atoms with van der Waals surface area (Å²) in [4.78, 5) is 9.63. The highest BCUT2D eigenvalue weighted by atomic mass is 19.1. The molecular weight excluding hydrogens is 403 g/mol. The Balaban J connectivity index is 1.74. The summed E-state index contributed by atoms with van der Waals surface area (Å²) in [6.07, 6.45) is 5.83. The predicted octanol–water partition coefficient (Wildman–Crippen LogP) is 4.22. The summed E-state index contributed by atoms with van der Waals surface area (Å²) in [5, 5.41) is 3.42. The molecule has 2 aromatic carbocycles. The Labute approximate surface area is 185 Å². The fourth-order valence-electron chi connectivity index (χ4n) is 4.16. The number of hydrogen-bond acceptors (Lipinski definition) is 4. The Morgan fingerprint density at radius 1 is 1.00 bits per heavy atom. The number of anilines is 1. The average molecular weight is 429 g/mol. The van der Waals surface area contributed by atoms with Gasteiger partial charge in [-0.3, -0.25) is 4.57 Å². The Morgan fingerprint density at radius 2 is 1.75 bits per heavy atom. The first-order chi connectivity index (χ1) is 15.7. The first kappa shape index (κ1) is 20.2. The van der Waals surface area contributed by atoms with Crippen molar-refractivity contribution in [2.75, 3.05) is 18.8 Å². The van der Waals surface area contributed by atoms with E-state index in [1.54, 1.807) is 12.1 Å². The maximum Gasteiger partial charge on any atom is 0.146 e. The fraction of sp³-hybridized carbons (Fsp3) is 0.200. The number of rotatable bonds is 4. The molecule has 5 rings (SSSR count). The molecule has 2 aromatic heterocycles. The number of hydrogen-bond donors (Lipinski definition) is 2. The van der Waals surface area contributed by atoms with Gasteiger partial charge in [0.05, 0.1) is 12.0 Å². The van der Waals surface area contributed by atoms with Crippen LogP contribution in [0.15, 0.2) is 84.2 Å². The number of nitrogens with one attached hydrogen (secondary N) is 1. The number of benzene rings is 2. The number of nitrogens with zero attached hydrogens (tertiary/aromatic N) is 4. The Kier molecular flexibility index (Phi) is 5.56. The summed E-state index contributed by atoms with van der Waals surface area (Å²) in [6, 6.07) is 20.3. The summed E-state index contributed by atoms with van der Waals surface area (Å²) < 4.78 is 17.9. The third kappa shape index (κ3) is 4.07. The van der Waals surface area contributed by atoms with Gasteiger partial charge in [0, 0.05) is 29.6 Å². The second-order valence-electron chi connectivity index (χ2n) is 7.95. The van der Waals surface area contributed by atoms with E-state index in [2.05, 4.69) is 9.88 Å². The van der Waals surface area contributed by atoms with Gasteiger partial charge in [-0.05, 0) is 68.4 Å². The summed E-state index contributed by atoms with van der Waals surface area (Å²) in [5.41, 5.74) is 9.94. The van der Waals surface area contributed by atoms with E-state index in [0.29, 0.717) is 17.2 Å². The van der Waals surface area contributed by atoms with Crippen LogP contribution in [0.2, 0.25) is 0 Å². The second kappa shape index (κ2) is 8.80. The van der Waals surface area contributed by atoms with Crippen LogP contribution in [0.3, 0.4) is 0 Å². The number of nitrogen functional groups attached to an aromatic ring is 1. The van der Waals surface area contributed by atoms with Crippen molar-refractivity contribution in [1.82, 2.24) is 19.4 Å².